The van der Waals surface area contributed by atoms with Crippen LogP contribution >= 0.6 is 0 Å². The third-order valence-corrected chi connectivity index (χ3v) is 3.77. The topological polar surface area (TPSA) is 96.8 Å². The molecule has 1 aliphatic heterocycles. The molecular formula is C13H18N2O4. The maximum absolute atomic E-state index is 11.4. The van der Waals surface area contributed by atoms with Crippen LogP contribution in [0.1, 0.15) is 35.2 Å². The largest absolute Gasteiger partial charge is 0.475 e. The minimum Gasteiger partial charge on any atom is -0.475 e. The average Bonchev–Trinajstić information content (AvgIpc) is 2.86. The number of carboxylic acid groups (broad SMARTS) is 1. The molecule has 104 valence electrons. The number of nitrogens with zero attached hydrogens (tertiary/aromatic N) is 1. The van der Waals surface area contributed by atoms with Crippen molar-refractivity contribution < 1.29 is 19.1 Å². The van der Waals surface area contributed by atoms with Crippen LogP contribution in [0.3, 0.4) is 0 Å². The molecule has 1 aromatic heterocycles. The summed E-state index contributed by atoms with van der Waals surface area (Å²) in [6.07, 6.45) is 0.727. The second kappa shape index (κ2) is 4.70. The first-order chi connectivity index (χ1) is 8.82. The molecule has 2 heterocycles. The molecule has 1 atom stereocenters. The molecule has 6 heteroatoms. The van der Waals surface area contributed by atoms with Crippen molar-refractivity contribution >= 4 is 11.9 Å². The number of hydrogen-bond donors (Lipinski definition) is 2. The van der Waals surface area contributed by atoms with Crippen LogP contribution in [0, 0.1) is 12.3 Å². The fourth-order valence-corrected chi connectivity index (χ4v) is 2.42. The molecule has 6 nitrogen and oxygen atoms in total. The molecule has 0 spiro atoms. The summed E-state index contributed by atoms with van der Waals surface area (Å²) in [6, 6.07) is 1.54. The van der Waals surface area contributed by atoms with Gasteiger partial charge in [-0.1, -0.05) is 0 Å². The summed E-state index contributed by atoms with van der Waals surface area (Å²) < 4.78 is 5.17. The third kappa shape index (κ3) is 2.63. The summed E-state index contributed by atoms with van der Waals surface area (Å²) in [6.45, 7) is 5.54. The Hall–Kier alpha value is -1.82. The summed E-state index contributed by atoms with van der Waals surface area (Å²) >= 11 is 0. The lowest BCUT2D eigenvalue weighted by Crippen LogP contribution is -2.36. The summed E-state index contributed by atoms with van der Waals surface area (Å²) in [5.74, 6) is -0.808. The Bertz CT molecular complexity index is 523. The number of carbonyl (C=O) groups is 2. The molecule has 3 N–H and O–H groups in total. The summed E-state index contributed by atoms with van der Waals surface area (Å²) in [4.78, 5) is 24.3. The molecular weight excluding hydrogens is 248 g/mol. The Morgan fingerprint density at radius 2 is 2.26 bits per heavy atom. The highest BCUT2D eigenvalue weighted by molar-refractivity contribution is 5.84. The maximum Gasteiger partial charge on any atom is 0.371 e. The number of rotatable bonds is 4. The van der Waals surface area contributed by atoms with E-state index in [-0.39, 0.29) is 11.7 Å². The lowest BCUT2D eigenvalue weighted by atomic mass is 9.89. The van der Waals surface area contributed by atoms with Crippen LogP contribution in [-0.4, -0.2) is 35.0 Å². The normalized spacial score (nSPS) is 23.7. The Morgan fingerprint density at radius 3 is 2.74 bits per heavy atom. The van der Waals surface area contributed by atoms with Crippen molar-refractivity contribution in [3.05, 3.63) is 23.2 Å². The maximum atomic E-state index is 11.4. The van der Waals surface area contributed by atoms with E-state index in [0.29, 0.717) is 18.8 Å². The van der Waals surface area contributed by atoms with Gasteiger partial charge in [-0.15, -0.1) is 0 Å². The van der Waals surface area contributed by atoms with E-state index < -0.39 is 11.4 Å². The van der Waals surface area contributed by atoms with Gasteiger partial charge in [0, 0.05) is 18.7 Å². The molecule has 1 unspecified atom stereocenters. The summed E-state index contributed by atoms with van der Waals surface area (Å²) in [7, 11) is 0. The van der Waals surface area contributed by atoms with E-state index in [9.17, 15) is 9.59 Å². The number of nitrogens with two attached hydrogens (primary N) is 1. The number of hydrogen-bond acceptors (Lipinski definition) is 4. The van der Waals surface area contributed by atoms with Crippen molar-refractivity contribution in [3.8, 4) is 0 Å². The second-order valence-electron chi connectivity index (χ2n) is 5.38. The van der Waals surface area contributed by atoms with Crippen molar-refractivity contribution in [2.45, 2.75) is 26.8 Å². The molecule has 1 aromatic rings. The van der Waals surface area contributed by atoms with E-state index in [1.54, 1.807) is 6.92 Å². The average molecular weight is 266 g/mol. The summed E-state index contributed by atoms with van der Waals surface area (Å²) in [5, 5.41) is 8.87. The lowest BCUT2D eigenvalue weighted by molar-refractivity contribution is -0.126. The molecule has 0 radical (unpaired) electrons. The number of carboxylic acids is 1. The van der Waals surface area contributed by atoms with Crippen molar-refractivity contribution in [1.29, 1.82) is 0 Å². The van der Waals surface area contributed by atoms with Crippen LogP contribution in [0.15, 0.2) is 10.5 Å². The first kappa shape index (κ1) is 13.6. The molecule has 0 aromatic carbocycles. The molecule has 19 heavy (non-hydrogen) atoms. The van der Waals surface area contributed by atoms with Gasteiger partial charge in [-0.3, -0.25) is 9.69 Å². The molecule has 2 rings (SSSR count). The molecule has 0 saturated carbocycles. The fourth-order valence-electron chi connectivity index (χ4n) is 2.42. The molecule has 0 aliphatic carbocycles. The number of amides is 1. The van der Waals surface area contributed by atoms with E-state index >= 15 is 0 Å². The van der Waals surface area contributed by atoms with Crippen molar-refractivity contribution in [3.63, 3.8) is 0 Å². The van der Waals surface area contributed by atoms with Crippen LogP contribution in [-0.2, 0) is 11.3 Å². The van der Waals surface area contributed by atoms with Gasteiger partial charge in [-0.2, -0.15) is 0 Å². The number of furan rings is 1. The highest BCUT2D eigenvalue weighted by Gasteiger charge is 2.38. The second-order valence-corrected chi connectivity index (χ2v) is 5.38. The third-order valence-electron chi connectivity index (χ3n) is 3.77. The highest BCUT2D eigenvalue weighted by atomic mass is 16.4. The van der Waals surface area contributed by atoms with Gasteiger partial charge in [0.15, 0.2) is 0 Å². The number of likely N-dealkylation sites (tertiary alicyclic amines) is 1. The van der Waals surface area contributed by atoms with E-state index in [0.717, 1.165) is 18.5 Å². The zero-order valence-electron chi connectivity index (χ0n) is 11.1. The minimum absolute atomic E-state index is 0.0515. The van der Waals surface area contributed by atoms with Crippen LogP contribution in [0.4, 0.5) is 0 Å². The Morgan fingerprint density at radius 1 is 1.58 bits per heavy atom. The Labute approximate surface area is 111 Å². The highest BCUT2D eigenvalue weighted by Crippen LogP contribution is 2.31. The fraction of sp³-hybridized carbons (Fsp3) is 0.538. The number of carbonyl (C=O) groups excluding carboxylic acids is 1. The van der Waals surface area contributed by atoms with Gasteiger partial charge in [-0.05, 0) is 32.9 Å². The van der Waals surface area contributed by atoms with E-state index in [1.807, 2.05) is 6.92 Å². The molecule has 1 amide bonds. The van der Waals surface area contributed by atoms with Crippen molar-refractivity contribution in [1.82, 2.24) is 4.90 Å². The number of primary amides is 1. The van der Waals surface area contributed by atoms with E-state index in [2.05, 4.69) is 4.90 Å². The zero-order chi connectivity index (χ0) is 14.2. The molecule has 1 aliphatic rings. The number of aromatic carboxylic acids is 1. The quantitative estimate of drug-likeness (QED) is 0.846. The molecule has 1 saturated heterocycles. The predicted octanol–water partition coefficient (Wildman–Crippen LogP) is 0.984. The smallest absolute Gasteiger partial charge is 0.371 e. The lowest BCUT2D eigenvalue weighted by Gasteiger charge is -2.20. The van der Waals surface area contributed by atoms with Crippen molar-refractivity contribution in [2.24, 2.45) is 11.1 Å². The molecule has 1 fully saturated rings. The van der Waals surface area contributed by atoms with Crippen LogP contribution in [0.5, 0.6) is 0 Å². The summed E-state index contributed by atoms with van der Waals surface area (Å²) in [5.41, 5.74) is 5.75. The first-order valence-corrected chi connectivity index (χ1v) is 6.17. The van der Waals surface area contributed by atoms with Crippen molar-refractivity contribution in [2.75, 3.05) is 13.1 Å². The van der Waals surface area contributed by atoms with E-state index in [1.165, 1.54) is 6.07 Å². The minimum atomic E-state index is -1.07. The Balaban J connectivity index is 2.07. The number of aryl methyl sites for hydroxylation is 1. The van der Waals surface area contributed by atoms with Crippen LogP contribution < -0.4 is 5.73 Å². The van der Waals surface area contributed by atoms with E-state index in [4.69, 9.17) is 15.3 Å². The predicted molar refractivity (Wildman–Crippen MR) is 67.6 cm³/mol. The first-order valence-electron chi connectivity index (χ1n) is 6.17. The van der Waals surface area contributed by atoms with Crippen LogP contribution in [0.2, 0.25) is 0 Å². The molecule has 0 bridgehead atoms. The van der Waals surface area contributed by atoms with Gasteiger partial charge < -0.3 is 15.3 Å². The standard InChI is InChI=1S/C13H18N2O4/c1-8-9(5-10(19-8)11(16)17)6-15-4-3-13(2,7-15)12(14)18/h5H,3-4,6-7H2,1-2H3,(H2,14,18)(H,16,17). The SMILES string of the molecule is Cc1oc(C(=O)O)cc1CN1CCC(C)(C(N)=O)C1. The van der Waals surface area contributed by atoms with Gasteiger partial charge >= 0.3 is 5.97 Å². The van der Waals surface area contributed by atoms with Gasteiger partial charge in [-0.25, -0.2) is 4.79 Å². The van der Waals surface area contributed by atoms with Gasteiger partial charge in [0.05, 0.1) is 5.41 Å². The zero-order valence-corrected chi connectivity index (χ0v) is 11.1. The monoisotopic (exact) mass is 266 g/mol. The van der Waals surface area contributed by atoms with Gasteiger partial charge in [0.25, 0.3) is 0 Å². The van der Waals surface area contributed by atoms with Crippen LogP contribution in [0.25, 0.3) is 0 Å². The Kier molecular flexibility index (Phi) is 3.36. The van der Waals surface area contributed by atoms with Gasteiger partial charge in [0.1, 0.15) is 5.76 Å². The van der Waals surface area contributed by atoms with Gasteiger partial charge in [0.2, 0.25) is 11.7 Å².